The van der Waals surface area contributed by atoms with Crippen molar-refractivity contribution in [2.24, 2.45) is 5.92 Å². The largest absolute Gasteiger partial charge is 0.356 e. The van der Waals surface area contributed by atoms with Crippen LogP contribution in [0.4, 0.5) is 0 Å². The van der Waals surface area contributed by atoms with E-state index in [9.17, 15) is 4.79 Å². The molecule has 3 heteroatoms. The molecule has 17 heavy (non-hydrogen) atoms. The number of rotatable bonds is 6. The number of carbonyl (C=O) groups is 1. The lowest BCUT2D eigenvalue weighted by atomic mass is 10.1. The van der Waals surface area contributed by atoms with Crippen molar-refractivity contribution in [2.45, 2.75) is 37.0 Å². The minimum Gasteiger partial charge on any atom is -0.356 e. The van der Waals surface area contributed by atoms with Crippen LogP contribution >= 0.6 is 12.6 Å². The van der Waals surface area contributed by atoms with Crippen molar-refractivity contribution >= 4 is 18.5 Å². The van der Waals surface area contributed by atoms with Gasteiger partial charge in [-0.15, -0.1) is 12.6 Å². The molecule has 1 fully saturated rings. The van der Waals surface area contributed by atoms with Crippen molar-refractivity contribution in [3.8, 4) is 0 Å². The van der Waals surface area contributed by atoms with Crippen LogP contribution in [0.5, 0.6) is 0 Å². The zero-order chi connectivity index (χ0) is 12.1. The third-order valence-corrected chi connectivity index (χ3v) is 3.41. The summed E-state index contributed by atoms with van der Waals surface area (Å²) in [6.07, 6.45) is 5.64. The lowest BCUT2D eigenvalue weighted by Gasteiger charge is -2.05. The van der Waals surface area contributed by atoms with Gasteiger partial charge in [0, 0.05) is 11.4 Å². The van der Waals surface area contributed by atoms with Gasteiger partial charge in [0.25, 0.3) is 0 Å². The zero-order valence-electron chi connectivity index (χ0n) is 9.98. The number of thiol groups is 1. The van der Waals surface area contributed by atoms with Crippen molar-refractivity contribution in [1.29, 1.82) is 0 Å². The Morgan fingerprint density at radius 1 is 1.29 bits per heavy atom. The van der Waals surface area contributed by atoms with Crippen LogP contribution in [-0.2, 0) is 11.2 Å². The summed E-state index contributed by atoms with van der Waals surface area (Å²) in [6, 6.07) is 7.73. The average molecular weight is 249 g/mol. The number of nitrogens with one attached hydrogen (secondary N) is 1. The van der Waals surface area contributed by atoms with Gasteiger partial charge in [0.15, 0.2) is 0 Å². The standard InChI is InChI=1S/C14H19NOS/c16-14(15-9-1-2-11-3-4-11)10-12-5-7-13(17)8-6-12/h5-8,11,17H,1-4,9-10H2,(H,15,16). The molecule has 0 aromatic heterocycles. The van der Waals surface area contributed by atoms with Crippen molar-refractivity contribution in [3.05, 3.63) is 29.8 Å². The second-order valence-electron chi connectivity index (χ2n) is 4.78. The van der Waals surface area contributed by atoms with Gasteiger partial charge in [-0.2, -0.15) is 0 Å². The lowest BCUT2D eigenvalue weighted by molar-refractivity contribution is -0.120. The van der Waals surface area contributed by atoms with Gasteiger partial charge in [-0.25, -0.2) is 0 Å². The van der Waals surface area contributed by atoms with Gasteiger partial charge in [0.2, 0.25) is 5.91 Å². The molecular formula is C14H19NOS. The average Bonchev–Trinajstić information content (AvgIpc) is 3.12. The highest BCUT2D eigenvalue weighted by molar-refractivity contribution is 7.80. The van der Waals surface area contributed by atoms with Crippen LogP contribution in [0.1, 0.15) is 31.2 Å². The third kappa shape index (κ3) is 4.82. The molecular weight excluding hydrogens is 230 g/mol. The number of benzene rings is 1. The maximum atomic E-state index is 11.6. The van der Waals surface area contributed by atoms with Gasteiger partial charge < -0.3 is 5.32 Å². The Kier molecular flexibility index (Phi) is 4.49. The van der Waals surface area contributed by atoms with E-state index in [-0.39, 0.29) is 5.91 Å². The summed E-state index contributed by atoms with van der Waals surface area (Å²) in [5, 5.41) is 2.97. The highest BCUT2D eigenvalue weighted by Gasteiger charge is 2.20. The second kappa shape index (κ2) is 6.10. The summed E-state index contributed by atoms with van der Waals surface area (Å²) in [4.78, 5) is 12.6. The molecule has 1 aliphatic rings. The first kappa shape index (κ1) is 12.5. The molecule has 0 saturated heterocycles. The van der Waals surface area contributed by atoms with Crippen molar-refractivity contribution in [3.63, 3.8) is 0 Å². The van der Waals surface area contributed by atoms with E-state index < -0.39 is 0 Å². The monoisotopic (exact) mass is 249 g/mol. The van der Waals surface area contributed by atoms with E-state index in [0.717, 1.165) is 29.3 Å². The lowest BCUT2D eigenvalue weighted by Crippen LogP contribution is -2.26. The molecule has 1 aromatic carbocycles. The topological polar surface area (TPSA) is 29.1 Å². The molecule has 1 aliphatic carbocycles. The van der Waals surface area contributed by atoms with Gasteiger partial charge in [-0.05, 0) is 36.5 Å². The Labute approximate surface area is 108 Å². The maximum Gasteiger partial charge on any atom is 0.224 e. The van der Waals surface area contributed by atoms with Crippen LogP contribution in [0.15, 0.2) is 29.2 Å². The molecule has 2 rings (SSSR count). The van der Waals surface area contributed by atoms with E-state index in [1.54, 1.807) is 0 Å². The summed E-state index contributed by atoms with van der Waals surface area (Å²) in [5.74, 6) is 1.07. The summed E-state index contributed by atoms with van der Waals surface area (Å²) < 4.78 is 0. The van der Waals surface area contributed by atoms with Crippen molar-refractivity contribution in [2.75, 3.05) is 6.54 Å². The smallest absolute Gasteiger partial charge is 0.224 e. The Balaban J connectivity index is 1.63. The first-order chi connectivity index (χ1) is 8.24. The molecule has 0 heterocycles. The number of carbonyl (C=O) groups excluding carboxylic acids is 1. The first-order valence-electron chi connectivity index (χ1n) is 6.28. The van der Waals surface area contributed by atoms with Gasteiger partial charge in [-0.3, -0.25) is 4.79 Å². The number of hydrogen-bond acceptors (Lipinski definition) is 2. The molecule has 1 saturated carbocycles. The van der Waals surface area contributed by atoms with Gasteiger partial charge in [0.05, 0.1) is 6.42 Å². The Bertz CT molecular complexity index is 370. The highest BCUT2D eigenvalue weighted by atomic mass is 32.1. The molecule has 1 N–H and O–H groups in total. The molecule has 0 atom stereocenters. The van der Waals surface area contributed by atoms with Crippen LogP contribution in [0.2, 0.25) is 0 Å². The fourth-order valence-corrected chi connectivity index (χ4v) is 2.04. The van der Waals surface area contributed by atoms with Crippen LogP contribution in [0.3, 0.4) is 0 Å². The predicted octanol–water partition coefficient (Wildman–Crippen LogP) is 2.82. The van der Waals surface area contributed by atoms with E-state index in [1.165, 1.54) is 19.3 Å². The minimum absolute atomic E-state index is 0.118. The SMILES string of the molecule is O=C(Cc1ccc(S)cc1)NCCCC1CC1. The normalized spacial score (nSPS) is 14.6. The fourth-order valence-electron chi connectivity index (χ4n) is 1.89. The van der Waals surface area contributed by atoms with Crippen molar-refractivity contribution in [1.82, 2.24) is 5.32 Å². The molecule has 0 aliphatic heterocycles. The van der Waals surface area contributed by atoms with Crippen molar-refractivity contribution < 1.29 is 4.79 Å². The maximum absolute atomic E-state index is 11.6. The summed E-state index contributed by atoms with van der Waals surface area (Å²) in [6.45, 7) is 0.819. The van der Waals surface area contributed by atoms with E-state index in [1.807, 2.05) is 24.3 Å². The van der Waals surface area contributed by atoms with Crippen LogP contribution in [0.25, 0.3) is 0 Å². The summed E-state index contributed by atoms with van der Waals surface area (Å²) in [7, 11) is 0. The summed E-state index contributed by atoms with van der Waals surface area (Å²) >= 11 is 4.22. The van der Waals surface area contributed by atoms with E-state index in [2.05, 4.69) is 17.9 Å². The molecule has 2 nitrogen and oxygen atoms in total. The molecule has 0 unspecified atom stereocenters. The summed E-state index contributed by atoms with van der Waals surface area (Å²) in [5.41, 5.74) is 1.04. The molecule has 1 amide bonds. The van der Waals surface area contributed by atoms with E-state index >= 15 is 0 Å². The Hall–Kier alpha value is -0.960. The number of hydrogen-bond donors (Lipinski definition) is 2. The fraction of sp³-hybridized carbons (Fsp3) is 0.500. The van der Waals surface area contributed by atoms with E-state index in [4.69, 9.17) is 0 Å². The van der Waals surface area contributed by atoms with Crippen LogP contribution in [0, 0.1) is 5.92 Å². The quantitative estimate of drug-likeness (QED) is 0.589. The molecule has 1 aromatic rings. The number of amides is 1. The molecule has 0 spiro atoms. The molecule has 0 bridgehead atoms. The van der Waals surface area contributed by atoms with Crippen LogP contribution < -0.4 is 5.32 Å². The second-order valence-corrected chi connectivity index (χ2v) is 5.30. The van der Waals surface area contributed by atoms with Gasteiger partial charge >= 0.3 is 0 Å². The zero-order valence-corrected chi connectivity index (χ0v) is 10.9. The minimum atomic E-state index is 0.118. The predicted molar refractivity (Wildman–Crippen MR) is 72.4 cm³/mol. The van der Waals surface area contributed by atoms with Gasteiger partial charge in [0.1, 0.15) is 0 Å². The Morgan fingerprint density at radius 2 is 2.00 bits per heavy atom. The molecule has 92 valence electrons. The highest BCUT2D eigenvalue weighted by Crippen LogP contribution is 2.33. The third-order valence-electron chi connectivity index (χ3n) is 3.11. The van der Waals surface area contributed by atoms with E-state index in [0.29, 0.717) is 6.42 Å². The van der Waals surface area contributed by atoms with Crippen LogP contribution in [-0.4, -0.2) is 12.5 Å². The first-order valence-corrected chi connectivity index (χ1v) is 6.73. The Morgan fingerprint density at radius 3 is 2.65 bits per heavy atom. The molecule has 0 radical (unpaired) electrons. The van der Waals surface area contributed by atoms with Gasteiger partial charge in [-0.1, -0.05) is 25.0 Å².